The van der Waals surface area contributed by atoms with Gasteiger partial charge in [-0.3, -0.25) is 4.79 Å². The van der Waals surface area contributed by atoms with Crippen molar-refractivity contribution < 1.29 is 4.79 Å². The van der Waals surface area contributed by atoms with Crippen LogP contribution in [0.4, 0.5) is 0 Å². The molecule has 0 fully saturated rings. The highest BCUT2D eigenvalue weighted by Gasteiger charge is 2.07. The summed E-state index contributed by atoms with van der Waals surface area (Å²) in [5, 5.41) is 0.354. The highest BCUT2D eigenvalue weighted by molar-refractivity contribution is 9.11. The summed E-state index contributed by atoms with van der Waals surface area (Å²) in [6.45, 7) is 0. The summed E-state index contributed by atoms with van der Waals surface area (Å²) in [5.74, 6) is 0.0781. The molecule has 0 atom stereocenters. The van der Waals surface area contributed by atoms with E-state index in [4.69, 9.17) is 0 Å². The number of carbonyl (C=O) groups excluding carboxylic acids is 1. The van der Waals surface area contributed by atoms with Gasteiger partial charge in [-0.1, -0.05) is 47.8 Å². The fourth-order valence-electron chi connectivity index (χ4n) is 0.788. The average Bonchev–Trinajstić information content (AvgIpc) is 2.03. The molecule has 4 heteroatoms. The summed E-state index contributed by atoms with van der Waals surface area (Å²) in [6, 6.07) is 5.49. The van der Waals surface area contributed by atoms with Crippen molar-refractivity contribution in [1.82, 2.24) is 0 Å². The van der Waals surface area contributed by atoms with E-state index in [1.165, 1.54) is 0 Å². The van der Waals surface area contributed by atoms with Gasteiger partial charge in [-0.25, -0.2) is 0 Å². The average molecular weight is 357 g/mol. The van der Waals surface area contributed by atoms with Crippen LogP contribution < -0.4 is 0 Å². The molecule has 0 unspecified atom stereocenters. The number of ketones is 1. The molecule has 0 aliphatic rings. The first kappa shape index (κ1) is 10.4. The fourth-order valence-corrected chi connectivity index (χ4v) is 2.36. The summed E-state index contributed by atoms with van der Waals surface area (Å²) < 4.78 is 1.78. The Morgan fingerprint density at radius 1 is 1.33 bits per heavy atom. The maximum atomic E-state index is 11.3. The molecule has 1 nitrogen and oxygen atoms in total. The van der Waals surface area contributed by atoms with Gasteiger partial charge in [0, 0.05) is 14.5 Å². The van der Waals surface area contributed by atoms with E-state index in [9.17, 15) is 4.79 Å². The van der Waals surface area contributed by atoms with Crippen molar-refractivity contribution in [3.05, 3.63) is 32.7 Å². The highest BCUT2D eigenvalue weighted by atomic mass is 79.9. The first-order valence-corrected chi connectivity index (χ1v) is 5.90. The van der Waals surface area contributed by atoms with Gasteiger partial charge >= 0.3 is 0 Å². The summed E-state index contributed by atoms with van der Waals surface area (Å²) >= 11 is 9.75. The lowest BCUT2D eigenvalue weighted by Crippen LogP contribution is -2.00. The Morgan fingerprint density at radius 2 is 2.00 bits per heavy atom. The SMILES string of the molecule is O=C(CBr)c1ccc(Br)cc1Br. The van der Waals surface area contributed by atoms with Crippen LogP contribution in [-0.2, 0) is 0 Å². The number of rotatable bonds is 2. The van der Waals surface area contributed by atoms with E-state index in [2.05, 4.69) is 47.8 Å². The molecule has 0 aromatic heterocycles. The van der Waals surface area contributed by atoms with Gasteiger partial charge in [-0.05, 0) is 18.2 Å². The quantitative estimate of drug-likeness (QED) is 0.582. The summed E-state index contributed by atoms with van der Waals surface area (Å²) in [6.07, 6.45) is 0. The van der Waals surface area contributed by atoms with Gasteiger partial charge in [-0.15, -0.1) is 0 Å². The molecule has 1 rings (SSSR count). The van der Waals surface area contributed by atoms with Crippen molar-refractivity contribution in [3.8, 4) is 0 Å². The number of carbonyl (C=O) groups is 1. The molecule has 1 aromatic rings. The molecule has 0 aliphatic heterocycles. The van der Waals surface area contributed by atoms with Crippen molar-refractivity contribution in [1.29, 1.82) is 0 Å². The van der Waals surface area contributed by atoms with Crippen molar-refractivity contribution in [2.75, 3.05) is 5.33 Å². The lowest BCUT2D eigenvalue weighted by atomic mass is 10.2. The molecule has 0 heterocycles. The van der Waals surface area contributed by atoms with Crippen LogP contribution in [0.1, 0.15) is 10.4 Å². The van der Waals surface area contributed by atoms with Crippen molar-refractivity contribution in [3.63, 3.8) is 0 Å². The van der Waals surface area contributed by atoms with Crippen LogP contribution in [0.3, 0.4) is 0 Å². The number of halogens is 3. The molecule has 0 amide bonds. The zero-order chi connectivity index (χ0) is 9.14. The Bertz CT molecular complexity index is 309. The lowest BCUT2D eigenvalue weighted by molar-refractivity contribution is 0.102. The minimum absolute atomic E-state index is 0.0781. The third-order valence-electron chi connectivity index (χ3n) is 1.35. The molecule has 0 saturated heterocycles. The van der Waals surface area contributed by atoms with E-state index >= 15 is 0 Å². The van der Waals surface area contributed by atoms with Gasteiger partial charge in [0.25, 0.3) is 0 Å². The second-order valence-corrected chi connectivity index (χ2v) is 4.51. The Kier molecular flexibility index (Phi) is 3.93. The molecule has 12 heavy (non-hydrogen) atoms. The largest absolute Gasteiger partial charge is 0.293 e. The second-order valence-electron chi connectivity index (χ2n) is 2.18. The molecular formula is C8H5Br3O. The smallest absolute Gasteiger partial charge is 0.174 e. The monoisotopic (exact) mass is 354 g/mol. The first-order valence-electron chi connectivity index (χ1n) is 3.19. The topological polar surface area (TPSA) is 17.1 Å². The van der Waals surface area contributed by atoms with Crippen LogP contribution in [0.25, 0.3) is 0 Å². The van der Waals surface area contributed by atoms with Crippen molar-refractivity contribution in [2.24, 2.45) is 0 Å². The van der Waals surface area contributed by atoms with Crippen LogP contribution in [0.2, 0.25) is 0 Å². The zero-order valence-electron chi connectivity index (χ0n) is 5.98. The van der Waals surface area contributed by atoms with E-state index in [0.29, 0.717) is 10.9 Å². The molecule has 0 saturated carbocycles. The van der Waals surface area contributed by atoms with Crippen molar-refractivity contribution in [2.45, 2.75) is 0 Å². The predicted molar refractivity (Wildman–Crippen MR) is 60.0 cm³/mol. The van der Waals surface area contributed by atoms with Gasteiger partial charge in [-0.2, -0.15) is 0 Å². The van der Waals surface area contributed by atoms with Gasteiger partial charge < -0.3 is 0 Å². The van der Waals surface area contributed by atoms with Crippen LogP contribution in [0, 0.1) is 0 Å². The predicted octanol–water partition coefficient (Wildman–Crippen LogP) is 3.79. The minimum atomic E-state index is 0.0781. The van der Waals surface area contributed by atoms with Crippen molar-refractivity contribution >= 4 is 53.6 Å². The molecule has 0 bridgehead atoms. The second kappa shape index (κ2) is 4.53. The van der Waals surface area contributed by atoms with E-state index in [1.807, 2.05) is 12.1 Å². The fraction of sp³-hybridized carbons (Fsp3) is 0.125. The van der Waals surface area contributed by atoms with Crippen LogP contribution in [0.15, 0.2) is 27.1 Å². The van der Waals surface area contributed by atoms with Gasteiger partial charge in [0.05, 0.1) is 5.33 Å². The Morgan fingerprint density at radius 3 is 2.50 bits per heavy atom. The Labute approximate surface area is 95.9 Å². The van der Waals surface area contributed by atoms with E-state index in [-0.39, 0.29) is 5.78 Å². The van der Waals surface area contributed by atoms with Crippen LogP contribution in [-0.4, -0.2) is 11.1 Å². The molecule has 0 aliphatic carbocycles. The number of hydrogen-bond donors (Lipinski definition) is 0. The van der Waals surface area contributed by atoms with Crippen LogP contribution in [0.5, 0.6) is 0 Å². The van der Waals surface area contributed by atoms with E-state index in [1.54, 1.807) is 6.07 Å². The number of Topliss-reactive ketones (excluding diaryl/α,β-unsaturated/α-hetero) is 1. The number of alkyl halides is 1. The Balaban J connectivity index is 3.09. The molecule has 64 valence electrons. The van der Waals surface area contributed by atoms with Crippen LogP contribution >= 0.6 is 47.8 Å². The van der Waals surface area contributed by atoms with Gasteiger partial charge in [0.2, 0.25) is 0 Å². The third kappa shape index (κ3) is 2.41. The molecule has 1 aromatic carbocycles. The summed E-state index contributed by atoms with van der Waals surface area (Å²) in [7, 11) is 0. The normalized spacial score (nSPS) is 9.92. The molecular weight excluding hydrogens is 352 g/mol. The maximum absolute atomic E-state index is 11.3. The first-order chi connectivity index (χ1) is 5.65. The van der Waals surface area contributed by atoms with E-state index in [0.717, 1.165) is 8.95 Å². The standard InChI is InChI=1S/C8H5Br3O/c9-4-8(12)6-2-1-5(10)3-7(6)11/h1-3H,4H2. The number of benzene rings is 1. The highest BCUT2D eigenvalue weighted by Crippen LogP contribution is 2.22. The van der Waals surface area contributed by atoms with Gasteiger partial charge in [0.1, 0.15) is 0 Å². The lowest BCUT2D eigenvalue weighted by Gasteiger charge is -2.00. The summed E-state index contributed by atoms with van der Waals surface area (Å²) in [4.78, 5) is 11.3. The third-order valence-corrected chi connectivity index (χ3v) is 3.01. The summed E-state index contributed by atoms with van der Waals surface area (Å²) in [5.41, 5.74) is 0.704. The van der Waals surface area contributed by atoms with E-state index < -0.39 is 0 Å². The molecule has 0 radical (unpaired) electrons. The molecule has 0 spiro atoms. The van der Waals surface area contributed by atoms with Gasteiger partial charge in [0.15, 0.2) is 5.78 Å². The maximum Gasteiger partial charge on any atom is 0.174 e. The minimum Gasteiger partial charge on any atom is -0.293 e. The number of hydrogen-bond acceptors (Lipinski definition) is 1. The molecule has 0 N–H and O–H groups in total. The zero-order valence-corrected chi connectivity index (χ0v) is 10.7. The Hall–Kier alpha value is 0.330.